The maximum Gasteiger partial charge on any atom is 0.231 e. The van der Waals surface area contributed by atoms with Gasteiger partial charge < -0.3 is 28.1 Å². The molecule has 0 atom stereocenters. The van der Waals surface area contributed by atoms with E-state index in [0.29, 0.717) is 50.8 Å². The van der Waals surface area contributed by atoms with Gasteiger partial charge in [0, 0.05) is 11.6 Å². The summed E-state index contributed by atoms with van der Waals surface area (Å²) in [6.07, 6.45) is 1.40. The van der Waals surface area contributed by atoms with Crippen LogP contribution >= 0.6 is 0 Å². The second-order valence-electron chi connectivity index (χ2n) is 5.56. The Labute approximate surface area is 148 Å². The first-order valence-electron chi connectivity index (χ1n) is 7.82. The first-order valence-corrected chi connectivity index (χ1v) is 7.82. The molecule has 1 aliphatic heterocycles. The summed E-state index contributed by atoms with van der Waals surface area (Å²) in [5, 5.41) is 0.295. The maximum atomic E-state index is 13.2. The van der Waals surface area contributed by atoms with E-state index in [1.54, 1.807) is 24.3 Å². The lowest BCUT2D eigenvalue weighted by atomic mass is 10.0. The van der Waals surface area contributed by atoms with Crippen molar-refractivity contribution in [3.8, 4) is 39.9 Å². The van der Waals surface area contributed by atoms with Crippen LogP contribution in [0.25, 0.3) is 22.1 Å². The van der Waals surface area contributed by atoms with E-state index in [9.17, 15) is 4.79 Å². The van der Waals surface area contributed by atoms with Gasteiger partial charge in [0.2, 0.25) is 12.2 Å². The first-order chi connectivity index (χ1) is 12.7. The molecule has 0 fully saturated rings. The number of hydrogen-bond donors (Lipinski definition) is 0. The SMILES string of the molecule is COc1cc2c(cc1-c1coc3ccc(OC)c(OC)c3c1=O)OCO2. The highest BCUT2D eigenvalue weighted by Crippen LogP contribution is 2.42. The Balaban J connectivity index is 2.02. The smallest absolute Gasteiger partial charge is 0.231 e. The highest BCUT2D eigenvalue weighted by atomic mass is 16.7. The first kappa shape index (κ1) is 16.1. The van der Waals surface area contributed by atoms with Gasteiger partial charge in [0.1, 0.15) is 23.0 Å². The van der Waals surface area contributed by atoms with Crippen LogP contribution < -0.4 is 29.1 Å². The molecule has 0 aliphatic carbocycles. The summed E-state index contributed by atoms with van der Waals surface area (Å²) in [5.74, 6) is 2.35. The number of benzene rings is 2. The Kier molecular flexibility index (Phi) is 3.84. The third kappa shape index (κ3) is 2.32. The predicted molar refractivity (Wildman–Crippen MR) is 93.7 cm³/mol. The third-order valence-corrected chi connectivity index (χ3v) is 4.27. The minimum atomic E-state index is -0.265. The van der Waals surface area contributed by atoms with Crippen LogP contribution in [0.1, 0.15) is 0 Å². The molecule has 4 rings (SSSR count). The van der Waals surface area contributed by atoms with Gasteiger partial charge in [-0.05, 0) is 18.2 Å². The van der Waals surface area contributed by atoms with Gasteiger partial charge >= 0.3 is 0 Å². The normalized spacial score (nSPS) is 12.3. The minimum absolute atomic E-state index is 0.124. The molecule has 2 heterocycles. The maximum absolute atomic E-state index is 13.2. The highest BCUT2D eigenvalue weighted by Gasteiger charge is 2.23. The van der Waals surface area contributed by atoms with E-state index >= 15 is 0 Å². The van der Waals surface area contributed by atoms with E-state index in [-0.39, 0.29) is 12.2 Å². The molecule has 0 saturated carbocycles. The number of rotatable bonds is 4. The standard InChI is InChI=1S/C19H16O7/c1-21-13-5-4-12-17(19(13)23-3)18(20)11(8-24-12)10-6-15-16(26-9-25-15)7-14(10)22-2/h4-8H,9H2,1-3H3. The Morgan fingerprint density at radius 1 is 0.885 bits per heavy atom. The van der Waals surface area contributed by atoms with Crippen molar-refractivity contribution in [3.05, 3.63) is 40.8 Å². The Bertz CT molecular complexity index is 1050. The van der Waals surface area contributed by atoms with Crippen molar-refractivity contribution in [2.75, 3.05) is 28.1 Å². The quantitative estimate of drug-likeness (QED) is 0.710. The van der Waals surface area contributed by atoms with Crippen molar-refractivity contribution in [3.63, 3.8) is 0 Å². The zero-order chi connectivity index (χ0) is 18.3. The second-order valence-corrected chi connectivity index (χ2v) is 5.56. The average molecular weight is 356 g/mol. The largest absolute Gasteiger partial charge is 0.496 e. The van der Waals surface area contributed by atoms with E-state index in [1.165, 1.54) is 27.6 Å². The topological polar surface area (TPSA) is 76.4 Å². The van der Waals surface area contributed by atoms with E-state index in [4.69, 9.17) is 28.1 Å². The number of fused-ring (bicyclic) bond motifs is 2. The van der Waals surface area contributed by atoms with Crippen molar-refractivity contribution in [2.45, 2.75) is 0 Å². The van der Waals surface area contributed by atoms with Crippen LogP contribution in [0.15, 0.2) is 39.7 Å². The van der Waals surface area contributed by atoms with Crippen molar-refractivity contribution >= 4 is 11.0 Å². The van der Waals surface area contributed by atoms with Gasteiger partial charge in [-0.3, -0.25) is 4.79 Å². The molecule has 0 spiro atoms. The monoisotopic (exact) mass is 356 g/mol. The van der Waals surface area contributed by atoms with Crippen LogP contribution in [0.2, 0.25) is 0 Å². The Morgan fingerprint density at radius 2 is 1.62 bits per heavy atom. The summed E-state index contributed by atoms with van der Waals surface area (Å²) < 4.78 is 32.5. The van der Waals surface area contributed by atoms with Crippen molar-refractivity contribution in [1.29, 1.82) is 0 Å². The highest BCUT2D eigenvalue weighted by molar-refractivity contribution is 5.90. The number of hydrogen-bond acceptors (Lipinski definition) is 7. The van der Waals surface area contributed by atoms with Crippen molar-refractivity contribution in [1.82, 2.24) is 0 Å². The fourth-order valence-electron chi connectivity index (χ4n) is 3.02. The van der Waals surface area contributed by atoms with Gasteiger partial charge in [0.25, 0.3) is 0 Å². The molecule has 2 aromatic carbocycles. The van der Waals surface area contributed by atoms with E-state index in [0.717, 1.165) is 0 Å². The summed E-state index contributed by atoms with van der Waals surface area (Å²) >= 11 is 0. The molecule has 0 bridgehead atoms. The van der Waals surface area contributed by atoms with Crippen LogP contribution in [-0.2, 0) is 0 Å². The molecule has 0 saturated heterocycles. The molecule has 3 aromatic rings. The molecule has 0 amide bonds. The molecular formula is C19H16O7. The molecular weight excluding hydrogens is 340 g/mol. The summed E-state index contributed by atoms with van der Waals surface area (Å²) in [6.45, 7) is 0.124. The van der Waals surface area contributed by atoms with Crippen molar-refractivity contribution in [2.24, 2.45) is 0 Å². The van der Waals surface area contributed by atoms with Crippen LogP contribution in [-0.4, -0.2) is 28.1 Å². The molecule has 0 N–H and O–H groups in total. The van der Waals surface area contributed by atoms with E-state index < -0.39 is 0 Å². The van der Waals surface area contributed by atoms with Gasteiger partial charge in [-0.25, -0.2) is 0 Å². The summed E-state index contributed by atoms with van der Waals surface area (Å²) in [7, 11) is 4.51. The lowest BCUT2D eigenvalue weighted by molar-refractivity contribution is 0.174. The zero-order valence-electron chi connectivity index (χ0n) is 14.5. The van der Waals surface area contributed by atoms with E-state index in [2.05, 4.69) is 0 Å². The Morgan fingerprint density at radius 3 is 2.31 bits per heavy atom. The van der Waals surface area contributed by atoms with E-state index in [1.807, 2.05) is 0 Å². The van der Waals surface area contributed by atoms with Crippen LogP contribution in [0, 0.1) is 0 Å². The van der Waals surface area contributed by atoms with Gasteiger partial charge in [-0.2, -0.15) is 0 Å². The van der Waals surface area contributed by atoms with Crippen molar-refractivity contribution < 1.29 is 28.1 Å². The van der Waals surface area contributed by atoms with Crippen LogP contribution in [0.4, 0.5) is 0 Å². The van der Waals surface area contributed by atoms with Gasteiger partial charge in [-0.1, -0.05) is 0 Å². The molecule has 134 valence electrons. The molecule has 7 heteroatoms. The average Bonchev–Trinajstić information content (AvgIpc) is 3.13. The molecule has 7 nitrogen and oxygen atoms in total. The summed E-state index contributed by atoms with van der Waals surface area (Å²) in [6, 6.07) is 6.74. The van der Waals surface area contributed by atoms with Crippen LogP contribution in [0.5, 0.6) is 28.7 Å². The molecule has 1 aromatic heterocycles. The molecule has 26 heavy (non-hydrogen) atoms. The number of ether oxygens (including phenoxy) is 5. The second kappa shape index (κ2) is 6.18. The third-order valence-electron chi connectivity index (χ3n) is 4.27. The summed E-state index contributed by atoms with van der Waals surface area (Å²) in [5.41, 5.74) is 0.992. The molecule has 0 radical (unpaired) electrons. The van der Waals surface area contributed by atoms with Gasteiger partial charge in [-0.15, -0.1) is 0 Å². The van der Waals surface area contributed by atoms with Gasteiger partial charge in [0.15, 0.2) is 23.0 Å². The van der Waals surface area contributed by atoms with Crippen LogP contribution in [0.3, 0.4) is 0 Å². The fraction of sp³-hybridized carbons (Fsp3) is 0.211. The predicted octanol–water partition coefficient (Wildman–Crippen LogP) is 3.21. The lowest BCUT2D eigenvalue weighted by Crippen LogP contribution is -2.08. The zero-order valence-corrected chi connectivity index (χ0v) is 14.5. The minimum Gasteiger partial charge on any atom is -0.496 e. The Hall–Kier alpha value is -3.35. The number of methoxy groups -OCH3 is 3. The summed E-state index contributed by atoms with van der Waals surface area (Å²) in [4.78, 5) is 13.2. The van der Waals surface area contributed by atoms with Gasteiger partial charge in [0.05, 0.1) is 26.9 Å². The lowest BCUT2D eigenvalue weighted by Gasteiger charge is -2.12. The fourth-order valence-corrected chi connectivity index (χ4v) is 3.02. The molecule has 1 aliphatic rings. The molecule has 0 unspecified atom stereocenters.